The lowest BCUT2D eigenvalue weighted by molar-refractivity contribution is 0.341. The summed E-state index contributed by atoms with van der Waals surface area (Å²) in [6.07, 6.45) is 7.48. The molecular formula is C20H20FN3O. The summed E-state index contributed by atoms with van der Waals surface area (Å²) in [5.74, 6) is 1.58. The van der Waals surface area contributed by atoms with E-state index < -0.39 is 0 Å². The molecule has 0 fully saturated rings. The Balaban J connectivity index is 1.76. The van der Waals surface area contributed by atoms with Crippen molar-refractivity contribution in [2.24, 2.45) is 0 Å². The van der Waals surface area contributed by atoms with E-state index in [9.17, 15) is 4.39 Å². The largest absolute Gasteiger partial charge is 0.493 e. The first-order valence-electron chi connectivity index (χ1n) is 8.45. The second-order valence-electron chi connectivity index (χ2n) is 6.00. The third-order valence-electron chi connectivity index (χ3n) is 4.46. The number of allylic oxidation sites excluding steroid dienone is 2. The molecule has 1 aromatic heterocycles. The van der Waals surface area contributed by atoms with Gasteiger partial charge in [0.2, 0.25) is 0 Å². The summed E-state index contributed by atoms with van der Waals surface area (Å²) in [5, 5.41) is 6.16. The Morgan fingerprint density at radius 2 is 1.88 bits per heavy atom. The Labute approximate surface area is 146 Å². The molecule has 0 unspecified atom stereocenters. The zero-order valence-electron chi connectivity index (χ0n) is 14.0. The first kappa shape index (κ1) is 15.6. The van der Waals surface area contributed by atoms with Crippen LogP contribution in [0.25, 0.3) is 17.2 Å². The van der Waals surface area contributed by atoms with E-state index in [1.165, 1.54) is 6.08 Å². The number of hydrogen-bond acceptors (Lipinski definition) is 3. The van der Waals surface area contributed by atoms with Gasteiger partial charge in [-0.1, -0.05) is 24.3 Å². The smallest absolute Gasteiger partial charge is 0.187 e. The molecule has 0 radical (unpaired) electrons. The van der Waals surface area contributed by atoms with Crippen molar-refractivity contribution in [1.29, 1.82) is 0 Å². The molecule has 0 spiro atoms. The predicted molar refractivity (Wildman–Crippen MR) is 99.1 cm³/mol. The van der Waals surface area contributed by atoms with Crippen LogP contribution in [0, 0.1) is 0 Å². The minimum absolute atomic E-state index is 0.290. The van der Waals surface area contributed by atoms with Gasteiger partial charge in [-0.25, -0.2) is 0 Å². The van der Waals surface area contributed by atoms with E-state index in [1.807, 2.05) is 37.4 Å². The van der Waals surface area contributed by atoms with E-state index in [-0.39, 0.29) is 5.95 Å². The molecule has 3 heterocycles. The molecule has 2 aliphatic rings. The first-order chi connectivity index (χ1) is 12.3. The Morgan fingerprint density at radius 3 is 2.68 bits per heavy atom. The van der Waals surface area contributed by atoms with Crippen LogP contribution < -0.4 is 15.4 Å². The average Bonchev–Trinajstić information content (AvgIpc) is 3.06. The molecule has 0 saturated carbocycles. The van der Waals surface area contributed by atoms with Crippen molar-refractivity contribution in [1.82, 2.24) is 10.3 Å². The van der Waals surface area contributed by atoms with Crippen LogP contribution in [0.15, 0.2) is 59.7 Å². The molecule has 5 heteroatoms. The highest BCUT2D eigenvalue weighted by Crippen LogP contribution is 2.39. The summed E-state index contributed by atoms with van der Waals surface area (Å²) in [4.78, 5) is 3.31. The lowest BCUT2D eigenvalue weighted by atomic mass is 9.95. The van der Waals surface area contributed by atoms with Crippen LogP contribution in [0.5, 0.6) is 5.75 Å². The Hall–Kier alpha value is -2.95. The fraction of sp³-hybridized carbons (Fsp3) is 0.200. The van der Waals surface area contributed by atoms with E-state index in [2.05, 4.69) is 27.8 Å². The van der Waals surface area contributed by atoms with Crippen LogP contribution >= 0.6 is 0 Å². The van der Waals surface area contributed by atoms with Crippen LogP contribution in [0.2, 0.25) is 0 Å². The highest BCUT2D eigenvalue weighted by atomic mass is 19.1. The third-order valence-corrected chi connectivity index (χ3v) is 4.46. The summed E-state index contributed by atoms with van der Waals surface area (Å²) in [6.45, 7) is 3.82. The van der Waals surface area contributed by atoms with Crippen molar-refractivity contribution in [2.75, 3.05) is 25.0 Å². The fourth-order valence-corrected chi connectivity index (χ4v) is 3.23. The van der Waals surface area contributed by atoms with E-state index in [0.29, 0.717) is 19.7 Å². The average molecular weight is 337 g/mol. The molecular weight excluding hydrogens is 317 g/mol. The van der Waals surface area contributed by atoms with Crippen molar-refractivity contribution in [3.8, 4) is 16.9 Å². The van der Waals surface area contributed by atoms with Gasteiger partial charge in [0.25, 0.3) is 0 Å². The van der Waals surface area contributed by atoms with Gasteiger partial charge in [0.1, 0.15) is 11.6 Å². The van der Waals surface area contributed by atoms with Gasteiger partial charge >= 0.3 is 0 Å². The van der Waals surface area contributed by atoms with Gasteiger partial charge in [0.15, 0.2) is 5.95 Å². The number of aromatic nitrogens is 1. The predicted octanol–water partition coefficient (Wildman–Crippen LogP) is 4.23. The number of rotatable bonds is 4. The number of anilines is 1. The van der Waals surface area contributed by atoms with Gasteiger partial charge in [-0.15, -0.1) is 0 Å². The number of ether oxygens (including phenoxy) is 1. The topological polar surface area (TPSA) is 49.1 Å². The minimum atomic E-state index is -0.290. The number of fused-ring (bicyclic) bond motifs is 1. The zero-order chi connectivity index (χ0) is 17.2. The summed E-state index contributed by atoms with van der Waals surface area (Å²) in [6, 6.07) is 8.04. The Morgan fingerprint density at radius 1 is 1.04 bits per heavy atom. The molecule has 25 heavy (non-hydrogen) atoms. The van der Waals surface area contributed by atoms with E-state index in [0.717, 1.165) is 39.4 Å². The van der Waals surface area contributed by atoms with E-state index in [1.54, 1.807) is 0 Å². The van der Waals surface area contributed by atoms with Gasteiger partial charge in [0.05, 0.1) is 6.61 Å². The van der Waals surface area contributed by atoms with Crippen LogP contribution in [-0.4, -0.2) is 24.7 Å². The van der Waals surface area contributed by atoms with Crippen molar-refractivity contribution in [3.63, 3.8) is 0 Å². The molecule has 4 rings (SSSR count). The maximum atomic E-state index is 13.2. The van der Waals surface area contributed by atoms with E-state index >= 15 is 0 Å². The van der Waals surface area contributed by atoms with Crippen LogP contribution in [0.3, 0.4) is 0 Å². The molecule has 4 nitrogen and oxygen atoms in total. The molecule has 128 valence electrons. The molecule has 0 atom stereocenters. The van der Waals surface area contributed by atoms with Crippen molar-refractivity contribution >= 4 is 11.9 Å². The monoisotopic (exact) mass is 337 g/mol. The summed E-state index contributed by atoms with van der Waals surface area (Å²) in [5.41, 5.74) is 5.49. The lowest BCUT2D eigenvalue weighted by Crippen LogP contribution is -2.21. The summed E-state index contributed by atoms with van der Waals surface area (Å²) < 4.78 is 18.9. The highest BCUT2D eigenvalue weighted by Gasteiger charge is 2.20. The molecule has 1 aromatic carbocycles. The second-order valence-corrected chi connectivity index (χ2v) is 6.00. The van der Waals surface area contributed by atoms with Gasteiger partial charge in [-0.2, -0.15) is 4.39 Å². The number of hydrogen-bond donors (Lipinski definition) is 3. The number of nitrogens with one attached hydrogen (secondary N) is 3. The number of dihydropyridines is 1. The maximum Gasteiger partial charge on any atom is 0.187 e. The van der Waals surface area contributed by atoms with Gasteiger partial charge in [-0.3, -0.25) is 0 Å². The van der Waals surface area contributed by atoms with Crippen LogP contribution in [0.1, 0.15) is 12.5 Å². The van der Waals surface area contributed by atoms with Crippen LogP contribution in [0.4, 0.5) is 10.2 Å². The quantitative estimate of drug-likeness (QED) is 0.732. The number of H-pyrrole nitrogens is 1. The highest BCUT2D eigenvalue weighted by molar-refractivity contribution is 5.87. The maximum absolute atomic E-state index is 13.2. The van der Waals surface area contributed by atoms with Crippen molar-refractivity contribution in [2.45, 2.75) is 6.92 Å². The Bertz CT molecular complexity index is 892. The fourth-order valence-electron chi connectivity index (χ4n) is 3.23. The molecule has 0 bridgehead atoms. The van der Waals surface area contributed by atoms with Crippen molar-refractivity contribution in [3.05, 3.63) is 65.3 Å². The second kappa shape index (κ2) is 6.51. The van der Waals surface area contributed by atoms with Crippen molar-refractivity contribution < 1.29 is 9.13 Å². The van der Waals surface area contributed by atoms with E-state index in [4.69, 9.17) is 4.74 Å². The normalized spacial score (nSPS) is 16.0. The number of para-hydroxylation sites is 1. The zero-order valence-corrected chi connectivity index (χ0v) is 14.0. The molecule has 0 amide bonds. The number of aromatic amines is 1. The summed E-state index contributed by atoms with van der Waals surface area (Å²) in [7, 11) is 0. The standard InChI is InChI=1S/C20H20FN3O/c1-2-25-18-6-4-3-5-15(18)17-12-24-20-16(17)9-14(11-23-20)13-7-8-19(21)22-10-13/h3-9,12,22-24H,2,10-11H2,1H3. The lowest BCUT2D eigenvalue weighted by Gasteiger charge is -2.21. The third kappa shape index (κ3) is 2.93. The van der Waals surface area contributed by atoms with Gasteiger partial charge < -0.3 is 20.4 Å². The molecule has 2 aromatic rings. The van der Waals surface area contributed by atoms with Gasteiger partial charge in [0, 0.05) is 36.0 Å². The minimum Gasteiger partial charge on any atom is -0.493 e. The molecule has 2 aliphatic heterocycles. The molecule has 0 aliphatic carbocycles. The number of benzene rings is 1. The SMILES string of the molecule is CCOc1ccccc1-c1c[nH]c2c1C=C(C1=CC=C(F)NC1)CN2. The Kier molecular flexibility index (Phi) is 4.06. The molecule has 0 saturated heterocycles. The first-order valence-corrected chi connectivity index (χ1v) is 8.45. The van der Waals surface area contributed by atoms with Crippen LogP contribution in [-0.2, 0) is 0 Å². The summed E-state index contributed by atoms with van der Waals surface area (Å²) >= 11 is 0. The van der Waals surface area contributed by atoms with Gasteiger partial charge in [-0.05, 0) is 36.3 Å². The number of halogens is 1. The molecule has 3 N–H and O–H groups in total.